The van der Waals surface area contributed by atoms with E-state index in [0.717, 1.165) is 18.7 Å². The van der Waals surface area contributed by atoms with Crippen LogP contribution in [0.5, 0.6) is 0 Å². The molecule has 1 heterocycles. The Morgan fingerprint density at radius 3 is 3.00 bits per heavy atom. The highest BCUT2D eigenvalue weighted by Gasteiger charge is 2.05. The number of aromatic nitrogens is 1. The van der Waals surface area contributed by atoms with Crippen LogP contribution in [0.1, 0.15) is 32.0 Å². The normalized spacial score (nSPS) is 13.2. The van der Waals surface area contributed by atoms with Gasteiger partial charge in [-0.05, 0) is 19.9 Å². The number of hydrogen-bond acceptors (Lipinski definition) is 3. The standard InChI is InChI=1S/C8H14N2OS/c1-3-4-9-6(2)7-5-12-8(11)10-7/h5-6,9H,3-4H2,1-2H3,(H,10,11). The van der Waals surface area contributed by atoms with Gasteiger partial charge in [0.15, 0.2) is 0 Å². The monoisotopic (exact) mass is 186 g/mol. The summed E-state index contributed by atoms with van der Waals surface area (Å²) in [4.78, 5) is 13.6. The fourth-order valence-electron chi connectivity index (χ4n) is 0.975. The average molecular weight is 186 g/mol. The number of nitrogens with one attached hydrogen (secondary N) is 2. The summed E-state index contributed by atoms with van der Waals surface area (Å²) in [5, 5.41) is 5.17. The van der Waals surface area contributed by atoms with Crippen molar-refractivity contribution in [1.82, 2.24) is 10.3 Å². The molecule has 68 valence electrons. The number of rotatable bonds is 4. The third-order valence-corrected chi connectivity index (χ3v) is 2.39. The van der Waals surface area contributed by atoms with Gasteiger partial charge in [0.05, 0.1) is 0 Å². The molecule has 1 aromatic heterocycles. The fraction of sp³-hybridized carbons (Fsp3) is 0.625. The Bertz CT molecular complexity index is 279. The highest BCUT2D eigenvalue weighted by molar-refractivity contribution is 7.07. The Kier molecular flexibility index (Phi) is 3.49. The first-order chi connectivity index (χ1) is 5.74. The third-order valence-electron chi connectivity index (χ3n) is 1.71. The van der Waals surface area contributed by atoms with Crippen molar-refractivity contribution < 1.29 is 0 Å². The molecule has 1 rings (SSSR count). The molecule has 0 fully saturated rings. The molecular weight excluding hydrogens is 172 g/mol. The minimum Gasteiger partial charge on any atom is -0.315 e. The van der Waals surface area contributed by atoms with Gasteiger partial charge in [-0.1, -0.05) is 18.3 Å². The Labute approximate surface area is 75.8 Å². The molecule has 1 unspecified atom stereocenters. The van der Waals surface area contributed by atoms with E-state index in [9.17, 15) is 4.79 Å². The van der Waals surface area contributed by atoms with E-state index in [-0.39, 0.29) is 10.9 Å². The van der Waals surface area contributed by atoms with Gasteiger partial charge in [0.2, 0.25) is 0 Å². The van der Waals surface area contributed by atoms with Gasteiger partial charge in [-0.15, -0.1) is 0 Å². The first-order valence-electron chi connectivity index (χ1n) is 4.15. The third kappa shape index (κ3) is 2.46. The second-order valence-corrected chi connectivity index (χ2v) is 3.62. The quantitative estimate of drug-likeness (QED) is 0.748. The number of H-pyrrole nitrogens is 1. The molecule has 1 atom stereocenters. The second-order valence-electron chi connectivity index (χ2n) is 2.78. The van der Waals surface area contributed by atoms with Crippen molar-refractivity contribution in [3.05, 3.63) is 20.7 Å². The lowest BCUT2D eigenvalue weighted by molar-refractivity contribution is 0.560. The molecule has 0 aromatic carbocycles. The van der Waals surface area contributed by atoms with E-state index in [2.05, 4.69) is 17.2 Å². The summed E-state index contributed by atoms with van der Waals surface area (Å²) in [7, 11) is 0. The lowest BCUT2D eigenvalue weighted by Crippen LogP contribution is -2.20. The Hall–Kier alpha value is -0.610. The highest BCUT2D eigenvalue weighted by atomic mass is 32.1. The summed E-state index contributed by atoms with van der Waals surface area (Å²) in [6.07, 6.45) is 1.11. The Morgan fingerprint density at radius 1 is 1.75 bits per heavy atom. The molecule has 0 aliphatic rings. The Morgan fingerprint density at radius 2 is 2.50 bits per heavy atom. The zero-order chi connectivity index (χ0) is 8.97. The topological polar surface area (TPSA) is 44.9 Å². The zero-order valence-corrected chi connectivity index (χ0v) is 8.20. The van der Waals surface area contributed by atoms with Crippen molar-refractivity contribution in [3.63, 3.8) is 0 Å². The lowest BCUT2D eigenvalue weighted by Gasteiger charge is -2.09. The van der Waals surface area contributed by atoms with Crippen molar-refractivity contribution in [2.24, 2.45) is 0 Å². The van der Waals surface area contributed by atoms with Gasteiger partial charge in [-0.2, -0.15) is 0 Å². The van der Waals surface area contributed by atoms with Crippen LogP contribution in [0.4, 0.5) is 0 Å². The second kappa shape index (κ2) is 4.42. The molecule has 0 bridgehead atoms. The van der Waals surface area contributed by atoms with Crippen molar-refractivity contribution in [2.75, 3.05) is 6.54 Å². The van der Waals surface area contributed by atoms with Crippen molar-refractivity contribution in [3.8, 4) is 0 Å². The van der Waals surface area contributed by atoms with Gasteiger partial charge < -0.3 is 10.3 Å². The summed E-state index contributed by atoms with van der Waals surface area (Å²) < 4.78 is 0. The predicted octanol–water partition coefficient (Wildman–Crippen LogP) is 1.50. The van der Waals surface area contributed by atoms with Gasteiger partial charge in [0.1, 0.15) is 0 Å². The van der Waals surface area contributed by atoms with Crippen LogP contribution in [0.3, 0.4) is 0 Å². The van der Waals surface area contributed by atoms with Crippen molar-refractivity contribution in [2.45, 2.75) is 26.3 Å². The summed E-state index contributed by atoms with van der Waals surface area (Å²) in [5.74, 6) is 0. The van der Waals surface area contributed by atoms with Crippen LogP contribution in [0.25, 0.3) is 0 Å². The molecule has 0 aliphatic carbocycles. The molecule has 0 saturated heterocycles. The van der Waals surface area contributed by atoms with Gasteiger partial charge in [-0.3, -0.25) is 4.79 Å². The van der Waals surface area contributed by atoms with Crippen LogP contribution in [0, 0.1) is 0 Å². The van der Waals surface area contributed by atoms with Crippen LogP contribution in [-0.4, -0.2) is 11.5 Å². The van der Waals surface area contributed by atoms with Crippen LogP contribution in [-0.2, 0) is 0 Å². The molecule has 12 heavy (non-hydrogen) atoms. The molecule has 2 N–H and O–H groups in total. The minimum atomic E-state index is 0.0233. The van der Waals surface area contributed by atoms with Gasteiger partial charge >= 0.3 is 4.87 Å². The van der Waals surface area contributed by atoms with Crippen LogP contribution in [0.2, 0.25) is 0 Å². The summed E-state index contributed by atoms with van der Waals surface area (Å²) >= 11 is 1.22. The van der Waals surface area contributed by atoms with E-state index >= 15 is 0 Å². The first-order valence-corrected chi connectivity index (χ1v) is 5.03. The number of hydrogen-bond donors (Lipinski definition) is 2. The van der Waals surface area contributed by atoms with E-state index in [1.54, 1.807) is 0 Å². The maximum atomic E-state index is 10.8. The fourth-order valence-corrected chi connectivity index (χ4v) is 1.65. The van der Waals surface area contributed by atoms with Gasteiger partial charge in [-0.25, -0.2) is 0 Å². The SMILES string of the molecule is CCCNC(C)c1csc(=O)[nH]1. The Balaban J connectivity index is 2.53. The molecule has 0 amide bonds. The maximum absolute atomic E-state index is 10.8. The first kappa shape index (κ1) is 9.48. The number of thiazole rings is 1. The van der Waals surface area contributed by atoms with Crippen LogP contribution >= 0.6 is 11.3 Å². The van der Waals surface area contributed by atoms with Gasteiger partial charge in [0, 0.05) is 17.1 Å². The van der Waals surface area contributed by atoms with Crippen LogP contribution in [0.15, 0.2) is 10.2 Å². The van der Waals surface area contributed by atoms with Gasteiger partial charge in [0.25, 0.3) is 0 Å². The molecule has 0 saturated carbocycles. The summed E-state index contributed by atoms with van der Waals surface area (Å²) in [5.41, 5.74) is 0.985. The predicted molar refractivity (Wildman–Crippen MR) is 51.6 cm³/mol. The van der Waals surface area contributed by atoms with E-state index < -0.39 is 0 Å². The lowest BCUT2D eigenvalue weighted by atomic mass is 10.2. The number of aromatic amines is 1. The molecule has 3 nitrogen and oxygen atoms in total. The largest absolute Gasteiger partial charge is 0.315 e. The highest BCUT2D eigenvalue weighted by Crippen LogP contribution is 2.08. The molecule has 1 aromatic rings. The van der Waals surface area contributed by atoms with E-state index in [1.165, 1.54) is 11.3 Å². The molecule has 0 radical (unpaired) electrons. The van der Waals surface area contributed by atoms with Crippen molar-refractivity contribution in [1.29, 1.82) is 0 Å². The average Bonchev–Trinajstić information content (AvgIpc) is 2.47. The van der Waals surface area contributed by atoms with E-state index in [1.807, 2.05) is 12.3 Å². The van der Waals surface area contributed by atoms with Crippen LogP contribution < -0.4 is 10.2 Å². The molecule has 0 aliphatic heterocycles. The van der Waals surface area contributed by atoms with E-state index in [0.29, 0.717) is 0 Å². The smallest absolute Gasteiger partial charge is 0.304 e. The maximum Gasteiger partial charge on any atom is 0.304 e. The van der Waals surface area contributed by atoms with Crippen molar-refractivity contribution >= 4 is 11.3 Å². The molecule has 0 spiro atoms. The minimum absolute atomic E-state index is 0.0233. The molecular formula is C8H14N2OS. The summed E-state index contributed by atoms with van der Waals surface area (Å²) in [6.45, 7) is 5.16. The summed E-state index contributed by atoms with van der Waals surface area (Å²) in [6, 6.07) is 0.254. The van der Waals surface area contributed by atoms with E-state index in [4.69, 9.17) is 0 Å². The molecule has 4 heteroatoms. The zero-order valence-electron chi connectivity index (χ0n) is 7.39.